The van der Waals surface area contributed by atoms with Crippen molar-refractivity contribution in [3.8, 4) is 9.88 Å². The second kappa shape index (κ2) is 7.97. The van der Waals surface area contributed by atoms with Crippen LogP contribution in [0.2, 0.25) is 0 Å². The van der Waals surface area contributed by atoms with Gasteiger partial charge in [0.2, 0.25) is 5.91 Å². The third kappa shape index (κ3) is 4.68. The zero-order valence-corrected chi connectivity index (χ0v) is 16.6. The highest BCUT2D eigenvalue weighted by Gasteiger charge is 2.29. The smallest absolute Gasteiger partial charge is 0.238 e. The third-order valence-corrected chi connectivity index (χ3v) is 7.77. The molecule has 0 aliphatic carbocycles. The Bertz CT molecular complexity index is 812. The van der Waals surface area contributed by atoms with E-state index in [0.29, 0.717) is 12.2 Å². The van der Waals surface area contributed by atoms with Gasteiger partial charge in [0, 0.05) is 18.0 Å². The van der Waals surface area contributed by atoms with Crippen molar-refractivity contribution in [2.24, 2.45) is 0 Å². The highest BCUT2D eigenvalue weighted by molar-refractivity contribution is 7.91. The zero-order chi connectivity index (χ0) is 17.9. The van der Waals surface area contributed by atoms with Gasteiger partial charge < -0.3 is 4.90 Å². The first-order valence-corrected chi connectivity index (χ1v) is 12.0. The number of rotatable bonds is 6. The summed E-state index contributed by atoms with van der Waals surface area (Å²) >= 11 is 3.02. The van der Waals surface area contributed by atoms with Gasteiger partial charge in [0.05, 0.1) is 16.3 Å². The van der Waals surface area contributed by atoms with Crippen LogP contribution in [0.1, 0.15) is 38.3 Å². The van der Waals surface area contributed by atoms with Gasteiger partial charge in [-0.05, 0) is 37.1 Å². The molecule has 25 heavy (non-hydrogen) atoms. The Morgan fingerprint density at radius 2 is 2.20 bits per heavy atom. The van der Waals surface area contributed by atoms with Gasteiger partial charge in [0.1, 0.15) is 10.8 Å². The number of carbonyl (C=O) groups excluding carboxylic acids is 1. The molecule has 3 heterocycles. The Morgan fingerprint density at radius 1 is 1.36 bits per heavy atom. The van der Waals surface area contributed by atoms with Crippen LogP contribution in [-0.2, 0) is 20.4 Å². The van der Waals surface area contributed by atoms with E-state index in [1.165, 1.54) is 11.3 Å². The summed E-state index contributed by atoms with van der Waals surface area (Å²) < 4.78 is 24.9. The summed E-state index contributed by atoms with van der Waals surface area (Å²) in [6.45, 7) is 2.72. The van der Waals surface area contributed by atoms with Crippen molar-refractivity contribution in [2.45, 2.75) is 44.4 Å². The standard InChI is InChI=1S/C17H22N2O3S3/c1-2-14-6-3-4-8-19(14)16(20)12-25(21,22)11-13-10-24-17(18-13)15-7-5-9-23-15/h5,7,9-10,14H,2-4,6,8,11-12H2,1H3/t14-/m0/s1. The number of hydrogen-bond acceptors (Lipinski definition) is 6. The summed E-state index contributed by atoms with van der Waals surface area (Å²) in [6.07, 6.45) is 3.92. The topological polar surface area (TPSA) is 67.3 Å². The minimum Gasteiger partial charge on any atom is -0.339 e. The van der Waals surface area contributed by atoms with E-state index in [2.05, 4.69) is 4.98 Å². The van der Waals surface area contributed by atoms with Gasteiger partial charge in [-0.25, -0.2) is 13.4 Å². The van der Waals surface area contributed by atoms with E-state index in [1.807, 2.05) is 24.4 Å². The largest absolute Gasteiger partial charge is 0.339 e. The number of nitrogens with zero attached hydrogens (tertiary/aromatic N) is 2. The van der Waals surface area contributed by atoms with Crippen LogP contribution in [-0.4, -0.2) is 42.5 Å². The molecule has 0 spiro atoms. The molecular weight excluding hydrogens is 376 g/mol. The molecule has 8 heteroatoms. The second-order valence-electron chi connectivity index (χ2n) is 6.30. The van der Waals surface area contributed by atoms with Crippen LogP contribution < -0.4 is 0 Å². The lowest BCUT2D eigenvalue weighted by Gasteiger charge is -2.35. The van der Waals surface area contributed by atoms with E-state index in [9.17, 15) is 13.2 Å². The Kier molecular flexibility index (Phi) is 5.91. The molecule has 136 valence electrons. The van der Waals surface area contributed by atoms with Crippen LogP contribution in [0.25, 0.3) is 9.88 Å². The summed E-state index contributed by atoms with van der Waals surface area (Å²) in [7, 11) is -3.51. The highest BCUT2D eigenvalue weighted by atomic mass is 32.2. The van der Waals surface area contributed by atoms with Gasteiger partial charge in [-0.2, -0.15) is 0 Å². The van der Waals surface area contributed by atoms with Gasteiger partial charge in [0.25, 0.3) is 0 Å². The number of amides is 1. The maximum Gasteiger partial charge on any atom is 0.238 e. The summed E-state index contributed by atoms with van der Waals surface area (Å²) in [6, 6.07) is 4.09. The number of piperidine rings is 1. The lowest BCUT2D eigenvalue weighted by molar-refractivity contribution is -0.132. The maximum atomic E-state index is 12.5. The summed E-state index contributed by atoms with van der Waals surface area (Å²) in [4.78, 5) is 19.7. The lowest BCUT2D eigenvalue weighted by Crippen LogP contribution is -2.45. The average Bonchev–Trinajstić information content (AvgIpc) is 3.25. The van der Waals surface area contributed by atoms with Crippen LogP contribution in [0.15, 0.2) is 22.9 Å². The first-order valence-electron chi connectivity index (χ1n) is 8.46. The van der Waals surface area contributed by atoms with Crippen molar-refractivity contribution < 1.29 is 13.2 Å². The molecule has 0 N–H and O–H groups in total. The first kappa shape index (κ1) is 18.5. The fourth-order valence-corrected chi connectivity index (χ4v) is 6.17. The molecule has 1 aliphatic rings. The maximum absolute atomic E-state index is 12.5. The van der Waals surface area contributed by atoms with Crippen LogP contribution in [0.4, 0.5) is 0 Å². The summed E-state index contributed by atoms with van der Waals surface area (Å²) in [5.74, 6) is -0.860. The molecule has 0 aromatic carbocycles. The highest BCUT2D eigenvalue weighted by Crippen LogP contribution is 2.28. The molecule has 0 radical (unpaired) electrons. The van der Waals surface area contributed by atoms with Crippen molar-refractivity contribution in [3.05, 3.63) is 28.6 Å². The predicted octanol–water partition coefficient (Wildman–Crippen LogP) is 3.58. The molecule has 1 aliphatic heterocycles. The minimum absolute atomic E-state index is 0.175. The van der Waals surface area contributed by atoms with E-state index in [-0.39, 0.29) is 17.7 Å². The van der Waals surface area contributed by atoms with E-state index < -0.39 is 15.6 Å². The molecule has 3 rings (SSSR count). The Hall–Kier alpha value is -1.25. The van der Waals surface area contributed by atoms with E-state index in [1.54, 1.807) is 21.6 Å². The van der Waals surface area contributed by atoms with Gasteiger partial charge in [-0.15, -0.1) is 22.7 Å². The SMILES string of the molecule is CC[C@H]1CCCCN1C(=O)CS(=O)(=O)Cc1csc(-c2cccs2)n1. The molecule has 5 nitrogen and oxygen atoms in total. The van der Waals surface area contributed by atoms with Gasteiger partial charge >= 0.3 is 0 Å². The van der Waals surface area contributed by atoms with Crippen LogP contribution in [0, 0.1) is 0 Å². The van der Waals surface area contributed by atoms with Gasteiger partial charge in [-0.1, -0.05) is 13.0 Å². The van der Waals surface area contributed by atoms with Crippen molar-refractivity contribution in [2.75, 3.05) is 12.3 Å². The molecule has 2 aromatic rings. The molecule has 1 fully saturated rings. The monoisotopic (exact) mass is 398 g/mol. The van der Waals surface area contributed by atoms with E-state index in [0.717, 1.165) is 35.6 Å². The number of hydrogen-bond donors (Lipinski definition) is 0. The minimum atomic E-state index is -3.51. The fourth-order valence-electron chi connectivity index (χ4n) is 3.19. The normalized spacial score (nSPS) is 18.4. The summed E-state index contributed by atoms with van der Waals surface area (Å²) in [5.41, 5.74) is 0.520. The Balaban J connectivity index is 1.65. The average molecular weight is 399 g/mol. The van der Waals surface area contributed by atoms with E-state index in [4.69, 9.17) is 0 Å². The van der Waals surface area contributed by atoms with Crippen molar-refractivity contribution in [1.29, 1.82) is 0 Å². The Morgan fingerprint density at radius 3 is 2.92 bits per heavy atom. The van der Waals surface area contributed by atoms with Crippen LogP contribution >= 0.6 is 22.7 Å². The molecule has 1 amide bonds. The quantitative estimate of drug-likeness (QED) is 0.746. The molecule has 2 aromatic heterocycles. The number of sulfone groups is 1. The fraction of sp³-hybridized carbons (Fsp3) is 0.529. The number of aromatic nitrogens is 1. The Labute approximate surface area is 156 Å². The lowest BCUT2D eigenvalue weighted by atomic mass is 10.0. The molecule has 1 atom stereocenters. The van der Waals surface area contributed by atoms with Crippen molar-refractivity contribution in [1.82, 2.24) is 9.88 Å². The molecular formula is C17H22N2O3S3. The molecule has 1 saturated heterocycles. The molecule has 0 saturated carbocycles. The molecule has 0 bridgehead atoms. The number of thiophene rings is 1. The number of carbonyl (C=O) groups is 1. The van der Waals surface area contributed by atoms with Crippen LogP contribution in [0.3, 0.4) is 0 Å². The van der Waals surface area contributed by atoms with Crippen LogP contribution in [0.5, 0.6) is 0 Å². The van der Waals surface area contributed by atoms with E-state index >= 15 is 0 Å². The molecule has 0 unspecified atom stereocenters. The van der Waals surface area contributed by atoms with Gasteiger partial charge in [-0.3, -0.25) is 4.79 Å². The third-order valence-electron chi connectivity index (χ3n) is 4.41. The number of thiazole rings is 1. The second-order valence-corrected chi connectivity index (χ2v) is 10.2. The summed E-state index contributed by atoms with van der Waals surface area (Å²) in [5, 5.41) is 4.56. The van der Waals surface area contributed by atoms with Crippen molar-refractivity contribution >= 4 is 38.4 Å². The number of likely N-dealkylation sites (tertiary alicyclic amines) is 1. The first-order chi connectivity index (χ1) is 12.0. The van der Waals surface area contributed by atoms with Crippen molar-refractivity contribution in [3.63, 3.8) is 0 Å². The predicted molar refractivity (Wildman–Crippen MR) is 103 cm³/mol. The zero-order valence-electron chi connectivity index (χ0n) is 14.2. The van der Waals surface area contributed by atoms with Gasteiger partial charge in [0.15, 0.2) is 9.84 Å².